The summed E-state index contributed by atoms with van der Waals surface area (Å²) in [5.74, 6) is 0. The van der Waals surface area contributed by atoms with Gasteiger partial charge in [-0.3, -0.25) is 0 Å². The van der Waals surface area contributed by atoms with Crippen molar-refractivity contribution >= 4 is 24.7 Å². The van der Waals surface area contributed by atoms with Gasteiger partial charge in [-0.1, -0.05) is 0 Å². The number of nitrogens with zero attached hydrogens (tertiary/aromatic N) is 2. The zero-order chi connectivity index (χ0) is 21.6. The molecule has 1 aromatic rings. The number of hydrogen-bond acceptors (Lipinski definition) is 6. The summed E-state index contributed by atoms with van der Waals surface area (Å²) in [6.07, 6.45) is -1.09. The Morgan fingerprint density at radius 3 is 2.21 bits per heavy atom. The van der Waals surface area contributed by atoms with E-state index in [1.165, 1.54) is 4.78 Å². The van der Waals surface area contributed by atoms with Gasteiger partial charge < -0.3 is 0 Å². The van der Waals surface area contributed by atoms with Crippen molar-refractivity contribution in [2.24, 2.45) is 10.5 Å². The van der Waals surface area contributed by atoms with Crippen LogP contribution >= 0.6 is 7.21 Å². The third kappa shape index (κ3) is 3.21. The maximum absolute atomic E-state index is 13.1. The van der Waals surface area contributed by atoms with Crippen LogP contribution in [0.3, 0.4) is 0 Å². The Labute approximate surface area is 172 Å². The number of ether oxygens (including phenoxy) is 2. The molecule has 0 atom stereocenters. The van der Waals surface area contributed by atoms with Crippen LogP contribution in [0, 0.1) is 5.41 Å². The Hall–Kier alpha value is -2.11. The molecule has 0 aromatic heterocycles. The fourth-order valence-electron chi connectivity index (χ4n) is 3.82. The summed E-state index contributed by atoms with van der Waals surface area (Å²) in [5.41, 5.74) is 0.596. The van der Waals surface area contributed by atoms with Crippen molar-refractivity contribution in [3.8, 4) is 0 Å². The van der Waals surface area contributed by atoms with Crippen LogP contribution < -0.4 is 0 Å². The van der Waals surface area contributed by atoms with E-state index < -0.39 is 13.3 Å². The summed E-state index contributed by atoms with van der Waals surface area (Å²) in [6, 6.07) is 9.81. The molecule has 1 aromatic carbocycles. The van der Waals surface area contributed by atoms with E-state index >= 15 is 0 Å². The minimum absolute atomic E-state index is 0.0212. The predicted molar refractivity (Wildman–Crippen MR) is 115 cm³/mol. The van der Waals surface area contributed by atoms with Crippen LogP contribution in [0.25, 0.3) is 5.31 Å². The molecule has 0 saturated heterocycles. The van der Waals surface area contributed by atoms with Gasteiger partial charge in [-0.2, -0.15) is 0 Å². The van der Waals surface area contributed by atoms with E-state index in [9.17, 15) is 4.79 Å². The number of hydrazone groups is 1. The van der Waals surface area contributed by atoms with Crippen LogP contribution in [-0.2, 0) is 18.5 Å². The van der Waals surface area contributed by atoms with Gasteiger partial charge in [-0.05, 0) is 0 Å². The first-order valence-electron chi connectivity index (χ1n) is 9.83. The average Bonchev–Trinajstić information content (AvgIpc) is 3.11. The quantitative estimate of drug-likeness (QED) is 0.562. The van der Waals surface area contributed by atoms with Crippen LogP contribution in [-0.4, -0.2) is 36.3 Å². The molecule has 0 bridgehead atoms. The Balaban J connectivity index is 2.20. The van der Waals surface area contributed by atoms with Gasteiger partial charge in [-0.25, -0.2) is 0 Å². The van der Waals surface area contributed by atoms with Crippen LogP contribution in [0.5, 0.6) is 0 Å². The van der Waals surface area contributed by atoms with Gasteiger partial charge in [0.15, 0.2) is 0 Å². The molecule has 8 heteroatoms. The van der Waals surface area contributed by atoms with Gasteiger partial charge in [0, 0.05) is 0 Å². The molecule has 0 aliphatic carbocycles. The summed E-state index contributed by atoms with van der Waals surface area (Å²) < 4.78 is 25.1. The first-order chi connectivity index (χ1) is 13.5. The molecular weight excluding hydrogens is 391 g/mol. The molecule has 0 fully saturated rings. The van der Waals surface area contributed by atoms with Crippen LogP contribution in [0.15, 0.2) is 40.7 Å². The Morgan fingerprint density at radius 2 is 1.72 bits per heavy atom. The molecule has 2 aliphatic heterocycles. The number of benzene rings is 1. The Bertz CT molecular complexity index is 875. The number of rotatable bonds is 4. The molecule has 0 saturated carbocycles. The van der Waals surface area contributed by atoms with E-state index in [4.69, 9.17) is 18.5 Å². The summed E-state index contributed by atoms with van der Waals surface area (Å²) in [6.45, 7) is 13.5. The molecule has 0 radical (unpaired) electrons. The van der Waals surface area contributed by atoms with Crippen LogP contribution in [0.1, 0.15) is 54.0 Å². The number of amides is 1. The van der Waals surface area contributed by atoms with E-state index in [-0.39, 0.29) is 23.7 Å². The normalized spacial score (nSPS) is 21.0. The third-order valence-electron chi connectivity index (χ3n) is 4.66. The molecule has 1 spiro atoms. The maximum atomic E-state index is 13.1. The fourth-order valence-corrected chi connectivity index (χ4v) is 9.21. The zero-order valence-corrected chi connectivity index (χ0v) is 19.3. The number of allylic oxidation sites excluding steroid dienone is 1. The van der Waals surface area contributed by atoms with Gasteiger partial charge in [0.2, 0.25) is 0 Å². The molecule has 160 valence electrons. The topological polar surface area (TPSA) is 69.6 Å². The molecule has 2 heterocycles. The van der Waals surface area contributed by atoms with Crippen molar-refractivity contribution in [3.63, 3.8) is 0 Å². The second-order valence-corrected chi connectivity index (χ2v) is 12.4. The van der Waals surface area contributed by atoms with Gasteiger partial charge >= 0.3 is 172 Å². The first-order valence-corrected chi connectivity index (χ1v) is 11.9. The summed E-state index contributed by atoms with van der Waals surface area (Å²) in [7, 11) is -2.42. The van der Waals surface area contributed by atoms with Crippen molar-refractivity contribution < 1.29 is 23.3 Å². The van der Waals surface area contributed by atoms with E-state index in [0.717, 1.165) is 16.2 Å². The second kappa shape index (κ2) is 6.99. The zero-order valence-electron chi connectivity index (χ0n) is 18.4. The van der Waals surface area contributed by atoms with Crippen molar-refractivity contribution in [2.45, 2.75) is 60.7 Å². The van der Waals surface area contributed by atoms with Gasteiger partial charge in [0.1, 0.15) is 0 Å². The number of carbonyl (C=O) groups excluding carboxylic acids is 1. The monoisotopic (exact) mass is 422 g/mol. The molecule has 1 amide bonds. The van der Waals surface area contributed by atoms with E-state index in [1.54, 1.807) is 21.0 Å². The second-order valence-electron chi connectivity index (χ2n) is 8.76. The van der Waals surface area contributed by atoms with E-state index in [2.05, 4.69) is 25.9 Å². The van der Waals surface area contributed by atoms with Crippen molar-refractivity contribution in [1.29, 1.82) is 0 Å². The molecule has 0 N–H and O–H groups in total. The minimum atomic E-state index is -3.98. The van der Waals surface area contributed by atoms with Crippen LogP contribution in [0.2, 0.25) is 0 Å². The Kier molecular flexibility index (Phi) is 5.21. The van der Waals surface area contributed by atoms with Gasteiger partial charge in [-0.15, -0.1) is 0 Å². The molecular formula is C21H31N2O5P. The Morgan fingerprint density at radius 1 is 1.10 bits per heavy atom. The van der Waals surface area contributed by atoms with Gasteiger partial charge in [0.05, 0.1) is 0 Å². The molecule has 2 aliphatic rings. The van der Waals surface area contributed by atoms with E-state index in [1.807, 2.05) is 44.2 Å². The van der Waals surface area contributed by atoms with Crippen molar-refractivity contribution in [1.82, 2.24) is 4.78 Å². The van der Waals surface area contributed by atoms with E-state index in [0.29, 0.717) is 0 Å². The average molecular weight is 422 g/mol. The molecule has 7 nitrogen and oxygen atoms in total. The molecule has 29 heavy (non-hydrogen) atoms. The fraction of sp³-hybridized carbons (Fsp3) is 0.524. The summed E-state index contributed by atoms with van der Waals surface area (Å²) in [5, 5.41) is 6.18. The standard InChI is InChI=1S/C21H31N2O5P/c1-14(2)26-19-22-23(20(24)27-15(3)4)29(25-8,28-19)17(18(29)21(5,6)7)16-12-10-9-11-13-16/h9-15H,1-8H3. The van der Waals surface area contributed by atoms with Crippen molar-refractivity contribution in [2.75, 3.05) is 7.11 Å². The predicted octanol–water partition coefficient (Wildman–Crippen LogP) is 5.93. The number of carbonyl (C=O) groups is 1. The van der Waals surface area contributed by atoms with Gasteiger partial charge in [0.25, 0.3) is 0 Å². The molecule has 3 rings (SSSR count). The first kappa shape index (κ1) is 21.6. The summed E-state index contributed by atoms with van der Waals surface area (Å²) >= 11 is 0. The summed E-state index contributed by atoms with van der Waals surface area (Å²) in [4.78, 5) is 13.1. The SMILES string of the molecule is COP12(OC(OC(C)C)=NN1C(=O)OC(C)C)C(c1ccccc1)=C2C(C)(C)C. The third-order valence-corrected chi connectivity index (χ3v) is 9.51. The molecule has 0 unspecified atom stereocenters. The van der Waals surface area contributed by atoms with Crippen LogP contribution in [0.4, 0.5) is 4.79 Å². The van der Waals surface area contributed by atoms with Crippen molar-refractivity contribution in [3.05, 3.63) is 41.2 Å². The number of hydrogen-bond donors (Lipinski definition) is 0.